The number of imidazole rings is 1. The lowest BCUT2D eigenvalue weighted by atomic mass is 10.1. The first-order valence-corrected chi connectivity index (χ1v) is 4.13. The van der Waals surface area contributed by atoms with E-state index in [0.29, 0.717) is 5.95 Å². The summed E-state index contributed by atoms with van der Waals surface area (Å²) in [5, 5.41) is 2.55. The molecule has 2 heterocycles. The quantitative estimate of drug-likeness (QED) is 0.637. The van der Waals surface area contributed by atoms with Gasteiger partial charge in [0.25, 0.3) is 0 Å². The van der Waals surface area contributed by atoms with Crippen LogP contribution < -0.4 is 5.32 Å². The van der Waals surface area contributed by atoms with Gasteiger partial charge in [0, 0.05) is 12.4 Å². The predicted molar refractivity (Wildman–Crippen MR) is 46.5 cm³/mol. The number of hydrogen-bond donors (Lipinski definition) is 1. The molecule has 1 unspecified atom stereocenters. The summed E-state index contributed by atoms with van der Waals surface area (Å²) in [5.74, 6) is -0.269. The highest BCUT2D eigenvalue weighted by Crippen LogP contribution is 2.23. The number of nitrogens with one attached hydrogen (secondary N) is 1. The maximum Gasteiger partial charge on any atom is 0.329 e. The standard InChI is InChI=1S/C8H9N3O3/c1-14-7(13)5-4-6(12)10-8-9-2-3-11(5)8/h2-3,5H,4H2,1H3,(H,9,10,12). The number of carbonyl (C=O) groups is 2. The predicted octanol–water partition coefficient (Wildman–Crippen LogP) is -0.0606. The number of anilines is 1. The molecule has 6 nitrogen and oxygen atoms in total. The number of ether oxygens (including phenoxy) is 1. The van der Waals surface area contributed by atoms with E-state index in [2.05, 4.69) is 15.0 Å². The molecular formula is C8H9N3O3. The van der Waals surface area contributed by atoms with Gasteiger partial charge in [-0.15, -0.1) is 0 Å². The minimum absolute atomic E-state index is 0.0933. The maximum atomic E-state index is 11.3. The van der Waals surface area contributed by atoms with Crippen LogP contribution in [0.5, 0.6) is 0 Å². The van der Waals surface area contributed by atoms with E-state index in [4.69, 9.17) is 0 Å². The third-order valence-electron chi connectivity index (χ3n) is 2.11. The first kappa shape index (κ1) is 8.74. The van der Waals surface area contributed by atoms with Gasteiger partial charge in [-0.2, -0.15) is 0 Å². The molecule has 0 spiro atoms. The molecule has 74 valence electrons. The third-order valence-corrected chi connectivity index (χ3v) is 2.11. The largest absolute Gasteiger partial charge is 0.467 e. The zero-order valence-corrected chi connectivity index (χ0v) is 7.56. The molecule has 0 fully saturated rings. The van der Waals surface area contributed by atoms with Gasteiger partial charge < -0.3 is 9.30 Å². The Morgan fingerprint density at radius 3 is 3.29 bits per heavy atom. The Morgan fingerprint density at radius 1 is 1.79 bits per heavy atom. The molecule has 6 heteroatoms. The smallest absolute Gasteiger partial charge is 0.329 e. The Hall–Kier alpha value is -1.85. The lowest BCUT2D eigenvalue weighted by Crippen LogP contribution is -2.32. The number of esters is 1. The van der Waals surface area contributed by atoms with E-state index in [-0.39, 0.29) is 12.3 Å². The second-order valence-corrected chi connectivity index (χ2v) is 2.95. The van der Waals surface area contributed by atoms with Crippen molar-refractivity contribution in [2.24, 2.45) is 0 Å². The van der Waals surface area contributed by atoms with E-state index in [1.54, 1.807) is 10.8 Å². The average molecular weight is 195 g/mol. The third kappa shape index (κ3) is 1.24. The topological polar surface area (TPSA) is 73.2 Å². The number of hydrogen-bond acceptors (Lipinski definition) is 4. The van der Waals surface area contributed by atoms with E-state index < -0.39 is 12.0 Å². The molecular weight excluding hydrogens is 186 g/mol. The van der Waals surface area contributed by atoms with Crippen molar-refractivity contribution >= 4 is 17.8 Å². The number of rotatable bonds is 1. The van der Waals surface area contributed by atoms with Crippen LogP contribution in [0, 0.1) is 0 Å². The highest BCUT2D eigenvalue weighted by molar-refractivity contribution is 5.94. The summed E-state index contributed by atoms with van der Waals surface area (Å²) in [4.78, 5) is 26.4. The molecule has 1 aliphatic rings. The first-order chi connectivity index (χ1) is 6.72. The van der Waals surface area contributed by atoms with Gasteiger partial charge in [0.05, 0.1) is 13.5 Å². The zero-order chi connectivity index (χ0) is 10.1. The van der Waals surface area contributed by atoms with Crippen molar-refractivity contribution in [3.05, 3.63) is 12.4 Å². The zero-order valence-electron chi connectivity index (χ0n) is 7.56. The fourth-order valence-electron chi connectivity index (χ4n) is 1.44. The summed E-state index contributed by atoms with van der Waals surface area (Å²) in [6.07, 6.45) is 3.25. The summed E-state index contributed by atoms with van der Waals surface area (Å²) < 4.78 is 6.19. The fourth-order valence-corrected chi connectivity index (χ4v) is 1.44. The van der Waals surface area contributed by atoms with Crippen molar-refractivity contribution in [3.8, 4) is 0 Å². The molecule has 0 aliphatic carbocycles. The molecule has 0 bridgehead atoms. The SMILES string of the molecule is COC(=O)C1CC(=O)Nc2nccn21. The maximum absolute atomic E-state index is 11.3. The molecule has 0 radical (unpaired) electrons. The van der Waals surface area contributed by atoms with Gasteiger partial charge in [0.2, 0.25) is 11.9 Å². The van der Waals surface area contributed by atoms with Crippen molar-refractivity contribution in [1.29, 1.82) is 0 Å². The second-order valence-electron chi connectivity index (χ2n) is 2.95. The van der Waals surface area contributed by atoms with Crippen LogP contribution in [0.4, 0.5) is 5.95 Å². The van der Waals surface area contributed by atoms with Crippen LogP contribution in [0.1, 0.15) is 12.5 Å². The lowest BCUT2D eigenvalue weighted by molar-refractivity contribution is -0.146. The molecule has 2 rings (SSSR count). The monoisotopic (exact) mass is 195 g/mol. The van der Waals surface area contributed by atoms with Gasteiger partial charge in [-0.1, -0.05) is 0 Å². The molecule has 0 aromatic carbocycles. The van der Waals surface area contributed by atoms with E-state index >= 15 is 0 Å². The molecule has 1 aromatic rings. The number of fused-ring (bicyclic) bond motifs is 1. The molecule has 0 saturated heterocycles. The molecule has 1 N–H and O–H groups in total. The molecule has 0 saturated carbocycles. The Labute approximate surface area is 79.9 Å². The van der Waals surface area contributed by atoms with E-state index in [0.717, 1.165) is 0 Å². The Balaban J connectivity index is 2.37. The van der Waals surface area contributed by atoms with Gasteiger partial charge in [-0.3, -0.25) is 10.1 Å². The van der Waals surface area contributed by atoms with Gasteiger partial charge in [-0.05, 0) is 0 Å². The molecule has 1 atom stereocenters. The Kier molecular flexibility index (Phi) is 1.95. The Bertz CT molecular complexity index is 385. The highest BCUT2D eigenvalue weighted by atomic mass is 16.5. The van der Waals surface area contributed by atoms with Gasteiger partial charge in [-0.25, -0.2) is 9.78 Å². The second kappa shape index (κ2) is 3.13. The molecule has 1 amide bonds. The van der Waals surface area contributed by atoms with Crippen LogP contribution in [-0.2, 0) is 14.3 Å². The van der Waals surface area contributed by atoms with Crippen molar-refractivity contribution in [1.82, 2.24) is 9.55 Å². The average Bonchev–Trinajstić information content (AvgIpc) is 2.62. The number of carbonyl (C=O) groups excluding carboxylic acids is 2. The van der Waals surface area contributed by atoms with Gasteiger partial charge in [0.15, 0.2) is 0 Å². The number of nitrogens with zero attached hydrogens (tertiary/aromatic N) is 2. The normalized spacial score (nSPS) is 19.8. The van der Waals surface area contributed by atoms with Crippen LogP contribution in [0.2, 0.25) is 0 Å². The molecule has 1 aromatic heterocycles. The molecule has 1 aliphatic heterocycles. The van der Waals surface area contributed by atoms with Crippen molar-refractivity contribution in [2.75, 3.05) is 12.4 Å². The van der Waals surface area contributed by atoms with E-state index in [9.17, 15) is 9.59 Å². The van der Waals surface area contributed by atoms with Gasteiger partial charge in [0.1, 0.15) is 6.04 Å². The van der Waals surface area contributed by atoms with Crippen molar-refractivity contribution in [2.45, 2.75) is 12.5 Å². The summed E-state index contributed by atoms with van der Waals surface area (Å²) in [6, 6.07) is -0.591. The van der Waals surface area contributed by atoms with Gasteiger partial charge >= 0.3 is 5.97 Å². The summed E-state index contributed by atoms with van der Waals surface area (Å²) in [5.41, 5.74) is 0. The lowest BCUT2D eigenvalue weighted by Gasteiger charge is -2.22. The number of amides is 1. The van der Waals surface area contributed by atoms with E-state index in [1.165, 1.54) is 13.3 Å². The van der Waals surface area contributed by atoms with Crippen LogP contribution in [-0.4, -0.2) is 28.5 Å². The van der Waals surface area contributed by atoms with Crippen LogP contribution >= 0.6 is 0 Å². The number of aromatic nitrogens is 2. The first-order valence-electron chi connectivity index (χ1n) is 4.13. The number of methoxy groups -OCH3 is 1. The summed E-state index contributed by atoms with van der Waals surface area (Å²) in [6.45, 7) is 0. The molecule has 14 heavy (non-hydrogen) atoms. The minimum Gasteiger partial charge on any atom is -0.467 e. The minimum atomic E-state index is -0.591. The Morgan fingerprint density at radius 2 is 2.57 bits per heavy atom. The highest BCUT2D eigenvalue weighted by Gasteiger charge is 2.30. The van der Waals surface area contributed by atoms with Crippen LogP contribution in [0.15, 0.2) is 12.4 Å². The van der Waals surface area contributed by atoms with Crippen LogP contribution in [0.3, 0.4) is 0 Å². The fraction of sp³-hybridized carbons (Fsp3) is 0.375. The van der Waals surface area contributed by atoms with Crippen LogP contribution in [0.25, 0.3) is 0 Å². The summed E-state index contributed by atoms with van der Waals surface area (Å²) in [7, 11) is 1.30. The van der Waals surface area contributed by atoms with E-state index in [1.807, 2.05) is 0 Å². The summed E-state index contributed by atoms with van der Waals surface area (Å²) >= 11 is 0. The van der Waals surface area contributed by atoms with Crippen molar-refractivity contribution in [3.63, 3.8) is 0 Å². The van der Waals surface area contributed by atoms with Crippen molar-refractivity contribution < 1.29 is 14.3 Å².